The lowest BCUT2D eigenvalue weighted by molar-refractivity contribution is 0.102. The zero-order valence-corrected chi connectivity index (χ0v) is 14.0. The molecular weight excluding hydrogens is 308 g/mol. The quantitative estimate of drug-likeness (QED) is 0.819. The number of amides is 1. The van der Waals surface area contributed by atoms with Crippen LogP contribution in [0.3, 0.4) is 0 Å². The first kappa shape index (κ1) is 17.0. The average molecular weight is 328 g/mol. The lowest BCUT2D eigenvalue weighted by Gasteiger charge is -2.12. The topological polar surface area (TPSA) is 50.4 Å². The molecule has 0 atom stereocenters. The van der Waals surface area contributed by atoms with Crippen LogP contribution >= 0.6 is 12.2 Å². The van der Waals surface area contributed by atoms with Gasteiger partial charge in [-0.05, 0) is 48.5 Å². The summed E-state index contributed by atoms with van der Waals surface area (Å²) in [5.74, 6) is 0.814. The van der Waals surface area contributed by atoms with Crippen LogP contribution in [0.4, 0.5) is 5.69 Å². The molecule has 23 heavy (non-hydrogen) atoms. The smallest absolute Gasteiger partial charge is 0.262 e. The number of nitrogens with one attached hydrogen (secondary N) is 2. The van der Waals surface area contributed by atoms with Gasteiger partial charge in [-0.3, -0.25) is 4.79 Å². The fraction of sp³-hybridized carbons (Fsp3) is 0.222. The molecule has 0 saturated carbocycles. The fourth-order valence-corrected chi connectivity index (χ4v) is 2.04. The maximum atomic E-state index is 12.3. The molecule has 0 fully saturated rings. The standard InChI is InChI=1S/C18H20N2O2S/c1-13(2)12-19-18(23)22-16-10-6-7-14(11-16)17(21)20-15-8-4-3-5-9-15/h3-11,13H,12H2,1-2H3,(H,19,23)(H,20,21). The summed E-state index contributed by atoms with van der Waals surface area (Å²) in [5.41, 5.74) is 1.26. The van der Waals surface area contributed by atoms with Crippen LogP contribution in [-0.2, 0) is 0 Å². The minimum Gasteiger partial charge on any atom is -0.432 e. The number of anilines is 1. The fourth-order valence-electron chi connectivity index (χ4n) is 1.86. The molecule has 2 aromatic carbocycles. The van der Waals surface area contributed by atoms with Gasteiger partial charge in [0.25, 0.3) is 11.1 Å². The molecule has 0 unspecified atom stereocenters. The van der Waals surface area contributed by atoms with Crippen molar-refractivity contribution < 1.29 is 9.53 Å². The molecule has 0 spiro atoms. The summed E-state index contributed by atoms with van der Waals surface area (Å²) in [6, 6.07) is 16.2. The van der Waals surface area contributed by atoms with Crippen LogP contribution in [0.25, 0.3) is 0 Å². The van der Waals surface area contributed by atoms with Crippen LogP contribution in [0.1, 0.15) is 24.2 Å². The van der Waals surface area contributed by atoms with E-state index in [2.05, 4.69) is 24.5 Å². The predicted octanol–water partition coefficient (Wildman–Crippen LogP) is 3.85. The van der Waals surface area contributed by atoms with Crippen molar-refractivity contribution >= 4 is 29.0 Å². The summed E-state index contributed by atoms with van der Waals surface area (Å²) >= 11 is 5.13. The number of para-hydroxylation sites is 1. The molecule has 0 heterocycles. The Labute approximate surface area is 141 Å². The molecule has 5 heteroatoms. The molecule has 1 amide bonds. The van der Waals surface area contributed by atoms with E-state index in [1.807, 2.05) is 30.3 Å². The Kier molecular flexibility index (Phi) is 6.11. The summed E-state index contributed by atoms with van der Waals surface area (Å²) in [7, 11) is 0. The van der Waals surface area contributed by atoms with Crippen molar-refractivity contribution in [3.05, 3.63) is 60.2 Å². The Morgan fingerprint density at radius 2 is 1.87 bits per heavy atom. The number of benzene rings is 2. The molecule has 0 aliphatic heterocycles. The zero-order valence-electron chi connectivity index (χ0n) is 13.2. The lowest BCUT2D eigenvalue weighted by atomic mass is 10.2. The molecule has 2 aromatic rings. The summed E-state index contributed by atoms with van der Waals surface area (Å²) in [4.78, 5) is 12.3. The summed E-state index contributed by atoms with van der Waals surface area (Å²) in [6.45, 7) is 4.92. The number of carbonyl (C=O) groups is 1. The van der Waals surface area contributed by atoms with E-state index in [0.717, 1.165) is 12.2 Å². The van der Waals surface area contributed by atoms with Crippen molar-refractivity contribution in [1.82, 2.24) is 5.32 Å². The van der Waals surface area contributed by atoms with Gasteiger partial charge in [-0.25, -0.2) is 0 Å². The van der Waals surface area contributed by atoms with Gasteiger partial charge in [0, 0.05) is 17.8 Å². The molecule has 0 radical (unpaired) electrons. The Balaban J connectivity index is 1.99. The third-order valence-electron chi connectivity index (χ3n) is 2.99. The number of thiocarbonyl (C=S) groups is 1. The highest BCUT2D eigenvalue weighted by Crippen LogP contribution is 2.15. The third-order valence-corrected chi connectivity index (χ3v) is 3.22. The van der Waals surface area contributed by atoms with Crippen molar-refractivity contribution in [2.24, 2.45) is 5.92 Å². The van der Waals surface area contributed by atoms with E-state index in [1.165, 1.54) is 0 Å². The molecule has 4 nitrogen and oxygen atoms in total. The number of rotatable bonds is 5. The number of hydrogen-bond donors (Lipinski definition) is 2. The molecule has 0 aliphatic rings. The second-order valence-electron chi connectivity index (χ2n) is 5.51. The molecule has 0 saturated heterocycles. The van der Waals surface area contributed by atoms with Gasteiger partial charge in [0.1, 0.15) is 5.75 Å². The van der Waals surface area contributed by atoms with Gasteiger partial charge in [0.15, 0.2) is 0 Å². The van der Waals surface area contributed by atoms with Gasteiger partial charge in [0.2, 0.25) is 0 Å². The predicted molar refractivity (Wildman–Crippen MR) is 96.9 cm³/mol. The first-order chi connectivity index (χ1) is 11.0. The SMILES string of the molecule is CC(C)CNC(=S)Oc1cccc(C(=O)Nc2ccccc2)c1. The number of carbonyl (C=O) groups excluding carboxylic acids is 1. The Bertz CT molecular complexity index is 672. The molecular formula is C18H20N2O2S. The van der Waals surface area contributed by atoms with E-state index in [1.54, 1.807) is 24.3 Å². The lowest BCUT2D eigenvalue weighted by Crippen LogP contribution is -2.29. The first-order valence-corrected chi connectivity index (χ1v) is 7.87. The van der Waals surface area contributed by atoms with Crippen molar-refractivity contribution in [1.29, 1.82) is 0 Å². The van der Waals surface area contributed by atoms with Crippen molar-refractivity contribution in [3.8, 4) is 5.75 Å². The van der Waals surface area contributed by atoms with Crippen LogP contribution in [0, 0.1) is 5.92 Å². The molecule has 120 valence electrons. The molecule has 0 aromatic heterocycles. The van der Waals surface area contributed by atoms with Crippen molar-refractivity contribution in [3.63, 3.8) is 0 Å². The van der Waals surface area contributed by atoms with Gasteiger partial charge >= 0.3 is 0 Å². The second-order valence-corrected chi connectivity index (χ2v) is 5.88. The van der Waals surface area contributed by atoms with E-state index in [4.69, 9.17) is 17.0 Å². The first-order valence-electron chi connectivity index (χ1n) is 7.47. The highest BCUT2D eigenvalue weighted by molar-refractivity contribution is 7.80. The highest BCUT2D eigenvalue weighted by Gasteiger charge is 2.08. The third kappa shape index (κ3) is 5.71. The van der Waals surface area contributed by atoms with Crippen LogP contribution in [-0.4, -0.2) is 17.6 Å². The van der Waals surface area contributed by atoms with Gasteiger partial charge in [-0.2, -0.15) is 0 Å². The zero-order chi connectivity index (χ0) is 16.7. The van der Waals surface area contributed by atoms with E-state index in [9.17, 15) is 4.79 Å². The minimum atomic E-state index is -0.192. The van der Waals surface area contributed by atoms with Gasteiger partial charge in [-0.15, -0.1) is 0 Å². The van der Waals surface area contributed by atoms with E-state index < -0.39 is 0 Å². The largest absolute Gasteiger partial charge is 0.432 e. The Morgan fingerprint density at radius 1 is 1.13 bits per heavy atom. The highest BCUT2D eigenvalue weighted by atomic mass is 32.1. The molecule has 0 bridgehead atoms. The van der Waals surface area contributed by atoms with Crippen LogP contribution in [0.2, 0.25) is 0 Å². The maximum Gasteiger partial charge on any atom is 0.262 e. The average Bonchev–Trinajstić information content (AvgIpc) is 2.54. The van der Waals surface area contributed by atoms with Crippen LogP contribution in [0.15, 0.2) is 54.6 Å². The van der Waals surface area contributed by atoms with Crippen molar-refractivity contribution in [2.75, 3.05) is 11.9 Å². The summed E-state index contributed by atoms with van der Waals surface area (Å²) in [6.07, 6.45) is 0. The van der Waals surface area contributed by atoms with Crippen molar-refractivity contribution in [2.45, 2.75) is 13.8 Å². The van der Waals surface area contributed by atoms with E-state index in [0.29, 0.717) is 22.4 Å². The summed E-state index contributed by atoms with van der Waals surface area (Å²) in [5, 5.41) is 6.17. The van der Waals surface area contributed by atoms with E-state index >= 15 is 0 Å². The maximum absolute atomic E-state index is 12.3. The minimum absolute atomic E-state index is 0.192. The monoisotopic (exact) mass is 328 g/mol. The number of ether oxygens (including phenoxy) is 1. The van der Waals surface area contributed by atoms with Gasteiger partial charge in [-0.1, -0.05) is 38.1 Å². The molecule has 0 aliphatic carbocycles. The van der Waals surface area contributed by atoms with Crippen LogP contribution in [0.5, 0.6) is 5.75 Å². The second kappa shape index (κ2) is 8.29. The van der Waals surface area contributed by atoms with Gasteiger partial charge < -0.3 is 15.4 Å². The van der Waals surface area contributed by atoms with Crippen LogP contribution < -0.4 is 15.4 Å². The summed E-state index contributed by atoms with van der Waals surface area (Å²) < 4.78 is 5.55. The normalized spacial score (nSPS) is 10.2. The van der Waals surface area contributed by atoms with E-state index in [-0.39, 0.29) is 5.91 Å². The molecule has 2 rings (SSSR count). The Morgan fingerprint density at radius 3 is 2.57 bits per heavy atom. The van der Waals surface area contributed by atoms with Gasteiger partial charge in [0.05, 0.1) is 0 Å². The molecule has 2 N–H and O–H groups in total. The number of hydrogen-bond acceptors (Lipinski definition) is 3. The Hall–Kier alpha value is -2.40.